The van der Waals surface area contributed by atoms with Crippen LogP contribution in [0, 0.1) is 17.0 Å². The monoisotopic (exact) mass is 301 g/mol. The van der Waals surface area contributed by atoms with E-state index in [-0.39, 0.29) is 5.69 Å². The third-order valence-corrected chi connectivity index (χ3v) is 3.14. The van der Waals surface area contributed by atoms with Crippen LogP contribution in [-0.4, -0.2) is 42.1 Å². The van der Waals surface area contributed by atoms with Crippen LogP contribution < -0.4 is 4.74 Å². The Kier molecular flexibility index (Phi) is 5.06. The highest BCUT2D eigenvalue weighted by atomic mass is 16.6. The fraction of sp³-hybridized carbons (Fsp3) is 0.312. The molecule has 0 saturated heterocycles. The number of likely N-dealkylation sites (N-methyl/N-ethyl adjacent to an activating group) is 1. The van der Waals surface area contributed by atoms with Gasteiger partial charge >= 0.3 is 0 Å². The SMILES string of the molecule is Cc1cc(-c2cc(OCCN(C)C)cc([N+](=O)[O-])c2)ccn1. The highest BCUT2D eigenvalue weighted by Gasteiger charge is 2.12. The average molecular weight is 301 g/mol. The molecule has 1 aromatic heterocycles. The molecule has 116 valence electrons. The van der Waals surface area contributed by atoms with Gasteiger partial charge in [0, 0.05) is 24.5 Å². The summed E-state index contributed by atoms with van der Waals surface area (Å²) in [5.41, 5.74) is 2.51. The van der Waals surface area contributed by atoms with Crippen molar-refractivity contribution in [2.75, 3.05) is 27.2 Å². The standard InChI is InChI=1S/C16H19N3O3/c1-12-8-13(4-5-17-12)14-9-15(19(20)21)11-16(10-14)22-7-6-18(2)3/h4-5,8-11H,6-7H2,1-3H3. The Morgan fingerprint density at radius 1 is 1.23 bits per heavy atom. The first kappa shape index (κ1) is 15.9. The van der Waals surface area contributed by atoms with Gasteiger partial charge in [0.1, 0.15) is 12.4 Å². The summed E-state index contributed by atoms with van der Waals surface area (Å²) in [5, 5.41) is 11.1. The van der Waals surface area contributed by atoms with E-state index in [1.807, 2.05) is 44.1 Å². The first-order chi connectivity index (χ1) is 10.5. The molecule has 1 aromatic carbocycles. The van der Waals surface area contributed by atoms with Crippen molar-refractivity contribution in [1.29, 1.82) is 0 Å². The number of rotatable bonds is 6. The average Bonchev–Trinajstić information content (AvgIpc) is 2.46. The van der Waals surface area contributed by atoms with E-state index in [9.17, 15) is 10.1 Å². The summed E-state index contributed by atoms with van der Waals surface area (Å²) in [6.07, 6.45) is 1.69. The van der Waals surface area contributed by atoms with Gasteiger partial charge in [0.05, 0.1) is 11.0 Å². The second-order valence-electron chi connectivity index (χ2n) is 5.31. The third-order valence-electron chi connectivity index (χ3n) is 3.14. The van der Waals surface area contributed by atoms with Gasteiger partial charge in [-0.1, -0.05) is 0 Å². The minimum absolute atomic E-state index is 0.0202. The predicted octanol–water partition coefficient (Wildman–Crippen LogP) is 2.91. The first-order valence-electron chi connectivity index (χ1n) is 6.96. The van der Waals surface area contributed by atoms with Gasteiger partial charge in [-0.25, -0.2) is 0 Å². The van der Waals surface area contributed by atoms with Crippen LogP contribution in [0.25, 0.3) is 11.1 Å². The number of non-ortho nitro benzene ring substituents is 1. The van der Waals surface area contributed by atoms with Crippen LogP contribution >= 0.6 is 0 Å². The van der Waals surface area contributed by atoms with E-state index in [4.69, 9.17) is 4.74 Å². The van der Waals surface area contributed by atoms with Crippen LogP contribution in [0.3, 0.4) is 0 Å². The van der Waals surface area contributed by atoms with Gasteiger partial charge in [0.2, 0.25) is 0 Å². The van der Waals surface area contributed by atoms with E-state index in [2.05, 4.69) is 4.98 Å². The van der Waals surface area contributed by atoms with Crippen molar-refractivity contribution in [2.24, 2.45) is 0 Å². The van der Waals surface area contributed by atoms with Gasteiger partial charge in [-0.3, -0.25) is 15.1 Å². The molecule has 6 nitrogen and oxygen atoms in total. The minimum Gasteiger partial charge on any atom is -0.492 e. The van der Waals surface area contributed by atoms with Crippen molar-refractivity contribution in [1.82, 2.24) is 9.88 Å². The maximum atomic E-state index is 11.1. The van der Waals surface area contributed by atoms with Crippen molar-refractivity contribution >= 4 is 5.69 Å². The molecule has 0 bridgehead atoms. The third kappa shape index (κ3) is 4.26. The number of pyridine rings is 1. The van der Waals surface area contributed by atoms with Gasteiger partial charge in [0.25, 0.3) is 5.69 Å². The molecule has 0 aliphatic carbocycles. The van der Waals surface area contributed by atoms with Crippen LogP contribution in [0.2, 0.25) is 0 Å². The Balaban J connectivity index is 2.33. The van der Waals surface area contributed by atoms with Crippen molar-refractivity contribution < 1.29 is 9.66 Å². The number of aromatic nitrogens is 1. The lowest BCUT2D eigenvalue weighted by molar-refractivity contribution is -0.384. The highest BCUT2D eigenvalue weighted by molar-refractivity contribution is 5.68. The fourth-order valence-corrected chi connectivity index (χ4v) is 2.01. The maximum Gasteiger partial charge on any atom is 0.273 e. The molecule has 22 heavy (non-hydrogen) atoms. The second kappa shape index (κ2) is 7.00. The zero-order chi connectivity index (χ0) is 16.1. The van der Waals surface area contributed by atoms with E-state index in [1.165, 1.54) is 6.07 Å². The number of nitrogens with zero attached hydrogens (tertiary/aromatic N) is 3. The molecular weight excluding hydrogens is 282 g/mol. The van der Waals surface area contributed by atoms with Gasteiger partial charge in [-0.15, -0.1) is 0 Å². The molecule has 1 heterocycles. The van der Waals surface area contributed by atoms with E-state index in [0.717, 1.165) is 23.4 Å². The number of ether oxygens (including phenoxy) is 1. The molecule has 6 heteroatoms. The fourth-order valence-electron chi connectivity index (χ4n) is 2.01. The number of nitro groups is 1. The molecule has 0 aliphatic heterocycles. The van der Waals surface area contributed by atoms with E-state index < -0.39 is 4.92 Å². The molecule has 0 aliphatic rings. The minimum atomic E-state index is -0.406. The zero-order valence-electron chi connectivity index (χ0n) is 12.9. The molecule has 0 saturated carbocycles. The van der Waals surface area contributed by atoms with E-state index in [1.54, 1.807) is 12.3 Å². The Morgan fingerprint density at radius 2 is 2.00 bits per heavy atom. The van der Waals surface area contributed by atoms with Gasteiger partial charge in [0.15, 0.2) is 0 Å². The summed E-state index contributed by atoms with van der Waals surface area (Å²) in [5.74, 6) is 0.500. The smallest absolute Gasteiger partial charge is 0.273 e. The Labute approximate surface area is 129 Å². The molecular formula is C16H19N3O3. The summed E-state index contributed by atoms with van der Waals surface area (Å²) in [6, 6.07) is 8.54. The molecule has 0 fully saturated rings. The lowest BCUT2D eigenvalue weighted by Gasteiger charge is -2.12. The lowest BCUT2D eigenvalue weighted by Crippen LogP contribution is -2.19. The quantitative estimate of drug-likeness (QED) is 0.606. The number of hydrogen-bond donors (Lipinski definition) is 0. The van der Waals surface area contributed by atoms with Gasteiger partial charge in [-0.2, -0.15) is 0 Å². The molecule has 0 N–H and O–H groups in total. The van der Waals surface area contributed by atoms with Crippen LogP contribution in [-0.2, 0) is 0 Å². The van der Waals surface area contributed by atoms with E-state index >= 15 is 0 Å². The molecule has 2 aromatic rings. The Hall–Kier alpha value is -2.47. The summed E-state index contributed by atoms with van der Waals surface area (Å²) < 4.78 is 5.64. The predicted molar refractivity (Wildman–Crippen MR) is 85.1 cm³/mol. The number of aryl methyl sites for hydroxylation is 1. The topological polar surface area (TPSA) is 68.5 Å². The van der Waals surface area contributed by atoms with Crippen molar-refractivity contribution in [2.45, 2.75) is 6.92 Å². The Morgan fingerprint density at radius 3 is 2.64 bits per heavy atom. The van der Waals surface area contributed by atoms with Crippen LogP contribution in [0.5, 0.6) is 5.75 Å². The van der Waals surface area contributed by atoms with Crippen molar-refractivity contribution in [3.63, 3.8) is 0 Å². The first-order valence-corrected chi connectivity index (χ1v) is 6.96. The summed E-state index contributed by atoms with van der Waals surface area (Å²) in [6.45, 7) is 3.10. The summed E-state index contributed by atoms with van der Waals surface area (Å²) in [7, 11) is 3.89. The van der Waals surface area contributed by atoms with Crippen LogP contribution in [0.1, 0.15) is 5.69 Å². The summed E-state index contributed by atoms with van der Waals surface area (Å²) >= 11 is 0. The maximum absolute atomic E-state index is 11.1. The zero-order valence-corrected chi connectivity index (χ0v) is 12.9. The largest absolute Gasteiger partial charge is 0.492 e. The normalized spacial score (nSPS) is 10.7. The van der Waals surface area contributed by atoms with Crippen molar-refractivity contribution in [3.8, 4) is 16.9 Å². The highest BCUT2D eigenvalue weighted by Crippen LogP contribution is 2.29. The number of nitro benzene ring substituents is 1. The van der Waals surface area contributed by atoms with Crippen molar-refractivity contribution in [3.05, 3.63) is 52.3 Å². The van der Waals surface area contributed by atoms with Gasteiger partial charge < -0.3 is 9.64 Å². The van der Waals surface area contributed by atoms with Crippen LogP contribution in [0.15, 0.2) is 36.5 Å². The number of hydrogen-bond acceptors (Lipinski definition) is 5. The number of benzene rings is 1. The molecule has 0 amide bonds. The van der Waals surface area contributed by atoms with Gasteiger partial charge in [-0.05, 0) is 50.3 Å². The molecule has 0 atom stereocenters. The molecule has 2 rings (SSSR count). The van der Waals surface area contributed by atoms with Crippen LogP contribution in [0.4, 0.5) is 5.69 Å². The molecule has 0 spiro atoms. The molecule has 0 unspecified atom stereocenters. The lowest BCUT2D eigenvalue weighted by atomic mass is 10.1. The second-order valence-corrected chi connectivity index (χ2v) is 5.31. The molecule has 0 radical (unpaired) electrons. The van der Waals surface area contributed by atoms with E-state index in [0.29, 0.717) is 12.4 Å². The summed E-state index contributed by atoms with van der Waals surface area (Å²) in [4.78, 5) is 16.8. The Bertz CT molecular complexity index is 671.